The second-order valence-corrected chi connectivity index (χ2v) is 8.16. The maximum Gasteiger partial charge on any atom is 0.240 e. The SMILES string of the molecule is CCn1cnc2ccc(-c3sc(CC(=O)N4CCC[C@H]4C(N)=O)nc3C)cc21. The van der Waals surface area contributed by atoms with Crippen molar-refractivity contribution in [3.8, 4) is 10.4 Å². The van der Waals surface area contributed by atoms with E-state index in [9.17, 15) is 9.59 Å². The zero-order chi connectivity index (χ0) is 19.8. The number of rotatable bonds is 5. The normalized spacial score (nSPS) is 16.8. The maximum atomic E-state index is 12.7. The number of carbonyl (C=O) groups is 2. The predicted octanol–water partition coefficient (Wildman–Crippen LogP) is 2.51. The largest absolute Gasteiger partial charge is 0.368 e. The van der Waals surface area contributed by atoms with Crippen LogP contribution in [-0.2, 0) is 22.6 Å². The minimum Gasteiger partial charge on any atom is -0.368 e. The molecule has 3 aromatic rings. The van der Waals surface area contributed by atoms with Crippen molar-refractivity contribution in [1.29, 1.82) is 0 Å². The minimum absolute atomic E-state index is 0.0823. The molecular weight excluding hydrogens is 374 g/mol. The molecule has 1 fully saturated rings. The number of thiazole rings is 1. The highest BCUT2D eigenvalue weighted by molar-refractivity contribution is 7.15. The molecular formula is C20H23N5O2S. The molecule has 1 aliphatic rings. The first-order valence-electron chi connectivity index (χ1n) is 9.48. The van der Waals surface area contributed by atoms with Gasteiger partial charge in [-0.15, -0.1) is 11.3 Å². The molecule has 0 spiro atoms. The van der Waals surface area contributed by atoms with Gasteiger partial charge in [-0.1, -0.05) is 6.07 Å². The fourth-order valence-electron chi connectivity index (χ4n) is 3.84. The summed E-state index contributed by atoms with van der Waals surface area (Å²) in [6.45, 7) is 5.50. The predicted molar refractivity (Wildman–Crippen MR) is 109 cm³/mol. The number of aryl methyl sites for hydroxylation is 2. The minimum atomic E-state index is -0.482. The van der Waals surface area contributed by atoms with Gasteiger partial charge in [-0.05, 0) is 44.4 Å². The highest BCUT2D eigenvalue weighted by Gasteiger charge is 2.32. The Balaban J connectivity index is 1.59. The van der Waals surface area contributed by atoms with Gasteiger partial charge in [0.1, 0.15) is 11.0 Å². The van der Waals surface area contributed by atoms with Crippen molar-refractivity contribution in [2.75, 3.05) is 6.54 Å². The van der Waals surface area contributed by atoms with Gasteiger partial charge < -0.3 is 15.2 Å². The van der Waals surface area contributed by atoms with Crippen LogP contribution < -0.4 is 5.73 Å². The van der Waals surface area contributed by atoms with Gasteiger partial charge in [0, 0.05) is 13.1 Å². The molecule has 4 rings (SSSR count). The Morgan fingerprint density at radius 3 is 2.93 bits per heavy atom. The van der Waals surface area contributed by atoms with Gasteiger partial charge in [0.25, 0.3) is 0 Å². The number of benzene rings is 1. The molecule has 2 N–H and O–H groups in total. The average molecular weight is 398 g/mol. The van der Waals surface area contributed by atoms with Crippen molar-refractivity contribution in [2.24, 2.45) is 5.73 Å². The van der Waals surface area contributed by atoms with Crippen LogP contribution in [0.15, 0.2) is 24.5 Å². The molecule has 0 radical (unpaired) electrons. The maximum absolute atomic E-state index is 12.7. The number of nitrogens with zero attached hydrogens (tertiary/aromatic N) is 4. The third kappa shape index (κ3) is 3.28. The molecule has 0 bridgehead atoms. The van der Waals surface area contributed by atoms with Crippen LogP contribution in [0.4, 0.5) is 0 Å². The molecule has 0 saturated carbocycles. The van der Waals surface area contributed by atoms with Crippen LogP contribution in [-0.4, -0.2) is 43.8 Å². The van der Waals surface area contributed by atoms with Crippen LogP contribution in [0.5, 0.6) is 0 Å². The summed E-state index contributed by atoms with van der Waals surface area (Å²) in [6, 6.07) is 5.71. The molecule has 0 unspecified atom stereocenters. The van der Waals surface area contributed by atoms with Crippen LogP contribution in [0.1, 0.15) is 30.5 Å². The molecule has 7 nitrogen and oxygen atoms in total. The van der Waals surface area contributed by atoms with Gasteiger partial charge >= 0.3 is 0 Å². The summed E-state index contributed by atoms with van der Waals surface area (Å²) in [4.78, 5) is 35.9. The number of amides is 2. The second kappa shape index (κ2) is 7.35. The Hall–Kier alpha value is -2.74. The van der Waals surface area contributed by atoms with Crippen LogP contribution in [0.2, 0.25) is 0 Å². The molecule has 3 heterocycles. The number of likely N-dealkylation sites (tertiary alicyclic amines) is 1. The molecule has 146 valence electrons. The summed E-state index contributed by atoms with van der Waals surface area (Å²) >= 11 is 1.53. The topological polar surface area (TPSA) is 94.1 Å². The quantitative estimate of drug-likeness (QED) is 0.716. The molecule has 1 atom stereocenters. The van der Waals surface area contributed by atoms with Crippen LogP contribution in [0, 0.1) is 6.92 Å². The summed E-state index contributed by atoms with van der Waals surface area (Å²) in [5, 5.41) is 0.761. The molecule has 1 saturated heterocycles. The Morgan fingerprint density at radius 1 is 1.36 bits per heavy atom. The fourth-order valence-corrected chi connectivity index (χ4v) is 4.89. The summed E-state index contributed by atoms with van der Waals surface area (Å²) in [7, 11) is 0. The number of aromatic nitrogens is 3. The number of hydrogen-bond acceptors (Lipinski definition) is 5. The smallest absolute Gasteiger partial charge is 0.240 e. The van der Waals surface area contributed by atoms with Crippen LogP contribution >= 0.6 is 11.3 Å². The van der Waals surface area contributed by atoms with E-state index in [1.165, 1.54) is 11.3 Å². The third-order valence-corrected chi connectivity index (χ3v) is 6.48. The Labute approximate surface area is 167 Å². The molecule has 0 aliphatic carbocycles. The van der Waals surface area contributed by atoms with E-state index < -0.39 is 11.9 Å². The van der Waals surface area contributed by atoms with Gasteiger partial charge in [-0.2, -0.15) is 0 Å². The molecule has 28 heavy (non-hydrogen) atoms. The third-order valence-electron chi connectivity index (χ3n) is 5.27. The number of hydrogen-bond donors (Lipinski definition) is 1. The summed E-state index contributed by atoms with van der Waals surface area (Å²) in [6.07, 6.45) is 3.51. The van der Waals surface area contributed by atoms with Crippen molar-refractivity contribution < 1.29 is 9.59 Å². The van der Waals surface area contributed by atoms with Crippen molar-refractivity contribution in [3.05, 3.63) is 35.2 Å². The summed E-state index contributed by atoms with van der Waals surface area (Å²) < 4.78 is 2.11. The molecule has 1 aliphatic heterocycles. The lowest BCUT2D eigenvalue weighted by Gasteiger charge is -2.21. The Morgan fingerprint density at radius 2 is 2.18 bits per heavy atom. The van der Waals surface area contributed by atoms with E-state index in [1.54, 1.807) is 4.90 Å². The standard InChI is InChI=1S/C20H23N5O2S/c1-3-24-11-22-14-7-6-13(9-16(14)24)19-12(2)23-17(28-19)10-18(26)25-8-4-5-15(25)20(21)27/h6-7,9,11,15H,3-5,8,10H2,1-2H3,(H2,21,27)/t15-/m0/s1. The van der Waals surface area contributed by atoms with Gasteiger partial charge in [-0.25, -0.2) is 9.97 Å². The number of carbonyl (C=O) groups excluding carboxylic acids is 2. The molecule has 1 aromatic carbocycles. The lowest BCUT2D eigenvalue weighted by Crippen LogP contribution is -2.44. The summed E-state index contributed by atoms with van der Waals surface area (Å²) in [5.74, 6) is -0.510. The van der Waals surface area contributed by atoms with Crippen molar-refractivity contribution in [3.63, 3.8) is 0 Å². The van der Waals surface area contributed by atoms with E-state index in [0.717, 1.165) is 45.1 Å². The second-order valence-electron chi connectivity index (χ2n) is 7.08. The van der Waals surface area contributed by atoms with Crippen molar-refractivity contribution in [2.45, 2.75) is 45.7 Å². The number of primary amides is 1. The van der Waals surface area contributed by atoms with Crippen LogP contribution in [0.3, 0.4) is 0 Å². The van der Waals surface area contributed by atoms with Gasteiger partial charge in [-0.3, -0.25) is 9.59 Å². The van der Waals surface area contributed by atoms with E-state index in [2.05, 4.69) is 27.5 Å². The molecule has 2 aromatic heterocycles. The molecule has 8 heteroatoms. The average Bonchev–Trinajstić information content (AvgIpc) is 3.38. The first kappa shape index (κ1) is 18.6. The van der Waals surface area contributed by atoms with E-state index in [-0.39, 0.29) is 12.3 Å². The highest BCUT2D eigenvalue weighted by Crippen LogP contribution is 2.32. The number of imidazole rings is 1. The Kier molecular flexibility index (Phi) is 4.89. The van der Waals surface area contributed by atoms with E-state index in [4.69, 9.17) is 5.73 Å². The zero-order valence-electron chi connectivity index (χ0n) is 16.0. The van der Waals surface area contributed by atoms with Gasteiger partial charge in [0.2, 0.25) is 11.8 Å². The van der Waals surface area contributed by atoms with E-state index in [1.807, 2.05) is 25.4 Å². The van der Waals surface area contributed by atoms with Gasteiger partial charge in [0.15, 0.2) is 0 Å². The highest BCUT2D eigenvalue weighted by atomic mass is 32.1. The van der Waals surface area contributed by atoms with Crippen molar-refractivity contribution in [1.82, 2.24) is 19.4 Å². The van der Waals surface area contributed by atoms with Crippen LogP contribution in [0.25, 0.3) is 21.5 Å². The van der Waals surface area contributed by atoms with E-state index >= 15 is 0 Å². The fraction of sp³-hybridized carbons (Fsp3) is 0.400. The molecule has 2 amide bonds. The van der Waals surface area contributed by atoms with Crippen molar-refractivity contribution >= 4 is 34.2 Å². The first-order chi connectivity index (χ1) is 13.5. The Bertz CT molecular complexity index is 1050. The van der Waals surface area contributed by atoms with E-state index in [0.29, 0.717) is 13.0 Å². The number of nitrogens with two attached hydrogens (primary N) is 1. The number of fused-ring (bicyclic) bond motifs is 1. The summed E-state index contributed by atoms with van der Waals surface area (Å²) in [5.41, 5.74) is 9.47. The lowest BCUT2D eigenvalue weighted by atomic mass is 10.1. The lowest BCUT2D eigenvalue weighted by molar-refractivity contribution is -0.136. The monoisotopic (exact) mass is 397 g/mol. The van der Waals surface area contributed by atoms with Gasteiger partial charge in [0.05, 0.1) is 34.4 Å². The zero-order valence-corrected chi connectivity index (χ0v) is 16.8. The first-order valence-corrected chi connectivity index (χ1v) is 10.3.